The largest absolute Gasteiger partial charge is 0.483 e. The number of rotatable bonds is 3. The molecule has 3 aromatic rings. The van der Waals surface area contributed by atoms with Crippen molar-refractivity contribution in [3.63, 3.8) is 0 Å². The second-order valence-corrected chi connectivity index (χ2v) is 5.81. The van der Waals surface area contributed by atoms with Crippen LogP contribution in [-0.4, -0.2) is 36.8 Å². The zero-order valence-corrected chi connectivity index (χ0v) is 14.7. The summed E-state index contributed by atoms with van der Waals surface area (Å²) in [7, 11) is 0. The Morgan fingerprint density at radius 2 is 2.12 bits per heavy atom. The molecule has 3 heterocycles. The number of H-pyrrole nitrogens is 1. The summed E-state index contributed by atoms with van der Waals surface area (Å²) in [5.41, 5.74) is 2.78. The second kappa shape index (κ2) is 7.80. The molecule has 0 saturated heterocycles. The first-order valence-corrected chi connectivity index (χ1v) is 7.79. The Bertz CT molecular complexity index is 902. The van der Waals surface area contributed by atoms with E-state index in [0.717, 1.165) is 11.5 Å². The zero-order valence-electron chi connectivity index (χ0n) is 13.9. The smallest absolute Gasteiger partial charge is 0.290 e. The van der Waals surface area contributed by atoms with E-state index in [-0.39, 0.29) is 18.4 Å². The summed E-state index contributed by atoms with van der Waals surface area (Å²) in [6, 6.07) is 3.30. The number of aryl methyl sites for hydroxylation is 2. The van der Waals surface area contributed by atoms with Crippen molar-refractivity contribution in [1.29, 1.82) is 0 Å². The third-order valence-electron chi connectivity index (χ3n) is 3.45. The molecule has 3 rings (SSSR count). The van der Waals surface area contributed by atoms with Crippen molar-refractivity contribution < 1.29 is 14.7 Å². The van der Waals surface area contributed by atoms with Gasteiger partial charge in [-0.2, -0.15) is 0 Å². The molecule has 0 radical (unpaired) electrons. The van der Waals surface area contributed by atoms with E-state index in [1.165, 1.54) is 0 Å². The van der Waals surface area contributed by atoms with Crippen LogP contribution in [0.25, 0.3) is 5.65 Å². The van der Waals surface area contributed by atoms with Gasteiger partial charge in [0, 0.05) is 18.1 Å². The van der Waals surface area contributed by atoms with E-state index in [9.17, 15) is 4.79 Å². The standard InChI is InChI=1S/C15H16ClN5O.CH2O2/c1-8-6-17-14(18-8)10(3)20-15(22)13-9(2)19-12-5-4-11(16)7-21(12)13;2-1-3/h4-7,10H,1-3H3,(H,17,18)(H,20,22);1H,(H,2,3). The van der Waals surface area contributed by atoms with Crippen molar-refractivity contribution in [2.24, 2.45) is 0 Å². The fourth-order valence-electron chi connectivity index (χ4n) is 2.40. The van der Waals surface area contributed by atoms with Crippen LogP contribution in [-0.2, 0) is 4.79 Å². The molecule has 0 spiro atoms. The number of carboxylic acid groups (broad SMARTS) is 1. The van der Waals surface area contributed by atoms with Crippen molar-refractivity contribution in [3.05, 3.63) is 52.5 Å². The van der Waals surface area contributed by atoms with Gasteiger partial charge in [0.05, 0.1) is 16.8 Å². The fourth-order valence-corrected chi connectivity index (χ4v) is 2.56. The van der Waals surface area contributed by atoms with Crippen molar-refractivity contribution >= 4 is 29.6 Å². The van der Waals surface area contributed by atoms with Crippen molar-refractivity contribution in [3.8, 4) is 0 Å². The van der Waals surface area contributed by atoms with E-state index < -0.39 is 0 Å². The summed E-state index contributed by atoms with van der Waals surface area (Å²) >= 11 is 6.01. The van der Waals surface area contributed by atoms with Crippen molar-refractivity contribution in [2.75, 3.05) is 0 Å². The third-order valence-corrected chi connectivity index (χ3v) is 3.68. The molecule has 1 atom stereocenters. The maximum Gasteiger partial charge on any atom is 0.290 e. The highest BCUT2D eigenvalue weighted by molar-refractivity contribution is 6.30. The summed E-state index contributed by atoms with van der Waals surface area (Å²) in [6.07, 6.45) is 3.42. The van der Waals surface area contributed by atoms with Gasteiger partial charge >= 0.3 is 0 Å². The summed E-state index contributed by atoms with van der Waals surface area (Å²) in [6.45, 7) is 5.35. The maximum atomic E-state index is 12.6. The van der Waals surface area contributed by atoms with Gasteiger partial charge in [-0.3, -0.25) is 14.0 Å². The number of fused-ring (bicyclic) bond motifs is 1. The lowest BCUT2D eigenvalue weighted by Gasteiger charge is -2.12. The van der Waals surface area contributed by atoms with E-state index in [1.54, 1.807) is 35.9 Å². The minimum absolute atomic E-state index is 0.214. The average molecular weight is 364 g/mol. The van der Waals surface area contributed by atoms with Gasteiger partial charge in [0.2, 0.25) is 0 Å². The molecule has 0 bridgehead atoms. The SMILES string of the molecule is Cc1cnc(C(C)NC(=O)c2c(C)nc3ccc(Cl)cn23)[nH]1.O=CO. The van der Waals surface area contributed by atoms with Gasteiger partial charge in [-0.05, 0) is 32.9 Å². The molecule has 3 N–H and O–H groups in total. The number of amides is 1. The molecular formula is C16H18ClN5O3. The number of aromatic nitrogens is 4. The molecule has 8 nitrogen and oxygen atoms in total. The first-order chi connectivity index (χ1) is 11.9. The molecule has 25 heavy (non-hydrogen) atoms. The predicted octanol–water partition coefficient (Wildman–Crippen LogP) is 2.52. The fraction of sp³-hybridized carbons (Fsp3) is 0.250. The topological polar surface area (TPSA) is 112 Å². The van der Waals surface area contributed by atoms with Gasteiger partial charge in [-0.15, -0.1) is 0 Å². The minimum atomic E-state index is -0.250. The summed E-state index contributed by atoms with van der Waals surface area (Å²) in [5.74, 6) is 0.504. The Balaban J connectivity index is 0.000000701. The maximum absolute atomic E-state index is 12.6. The average Bonchev–Trinajstić information content (AvgIpc) is 3.10. The van der Waals surface area contributed by atoms with Crippen LogP contribution in [0.5, 0.6) is 0 Å². The van der Waals surface area contributed by atoms with E-state index in [4.69, 9.17) is 21.5 Å². The number of hydrogen-bond donors (Lipinski definition) is 3. The third kappa shape index (κ3) is 4.16. The van der Waals surface area contributed by atoms with Crippen LogP contribution in [0.4, 0.5) is 0 Å². The number of carbonyl (C=O) groups is 2. The van der Waals surface area contributed by atoms with Gasteiger partial charge in [-0.1, -0.05) is 11.6 Å². The molecule has 1 unspecified atom stereocenters. The Morgan fingerprint density at radius 3 is 2.72 bits per heavy atom. The van der Waals surface area contributed by atoms with Crippen molar-refractivity contribution in [2.45, 2.75) is 26.8 Å². The van der Waals surface area contributed by atoms with Crippen LogP contribution in [0.1, 0.15) is 40.7 Å². The second-order valence-electron chi connectivity index (χ2n) is 5.37. The van der Waals surface area contributed by atoms with Crippen LogP contribution in [0.15, 0.2) is 24.5 Å². The molecule has 132 valence electrons. The summed E-state index contributed by atoms with van der Waals surface area (Å²) in [5, 5.41) is 10.4. The highest BCUT2D eigenvalue weighted by atomic mass is 35.5. The number of aromatic amines is 1. The van der Waals surface area contributed by atoms with Crippen LogP contribution >= 0.6 is 11.6 Å². The lowest BCUT2D eigenvalue weighted by molar-refractivity contribution is -0.122. The first-order valence-electron chi connectivity index (χ1n) is 7.41. The monoisotopic (exact) mass is 363 g/mol. The number of imidazole rings is 2. The van der Waals surface area contributed by atoms with Crippen LogP contribution < -0.4 is 5.32 Å². The molecule has 0 aliphatic carbocycles. The Kier molecular flexibility index (Phi) is 5.76. The van der Waals surface area contributed by atoms with Gasteiger partial charge in [0.25, 0.3) is 12.4 Å². The first kappa shape index (κ1) is 18.5. The molecule has 0 aliphatic heterocycles. The summed E-state index contributed by atoms with van der Waals surface area (Å²) in [4.78, 5) is 32.7. The van der Waals surface area contributed by atoms with Gasteiger partial charge in [0.1, 0.15) is 17.2 Å². The van der Waals surface area contributed by atoms with E-state index in [2.05, 4.69) is 20.3 Å². The predicted molar refractivity (Wildman–Crippen MR) is 92.8 cm³/mol. The molecule has 3 aromatic heterocycles. The number of nitrogens with zero attached hydrogens (tertiary/aromatic N) is 3. The van der Waals surface area contributed by atoms with Crippen LogP contribution in [0, 0.1) is 13.8 Å². The van der Waals surface area contributed by atoms with E-state index in [1.807, 2.05) is 13.8 Å². The Labute approximate surface area is 148 Å². The van der Waals surface area contributed by atoms with Crippen molar-refractivity contribution in [1.82, 2.24) is 24.7 Å². The van der Waals surface area contributed by atoms with E-state index >= 15 is 0 Å². The number of halogens is 1. The highest BCUT2D eigenvalue weighted by Gasteiger charge is 2.20. The molecule has 0 fully saturated rings. The van der Waals surface area contributed by atoms with E-state index in [0.29, 0.717) is 22.1 Å². The Morgan fingerprint density at radius 1 is 1.44 bits per heavy atom. The lowest BCUT2D eigenvalue weighted by Crippen LogP contribution is -2.29. The van der Waals surface area contributed by atoms with Crippen LogP contribution in [0.2, 0.25) is 5.02 Å². The van der Waals surface area contributed by atoms with Crippen LogP contribution in [0.3, 0.4) is 0 Å². The van der Waals surface area contributed by atoms with Gasteiger partial charge in [-0.25, -0.2) is 9.97 Å². The number of pyridine rings is 1. The minimum Gasteiger partial charge on any atom is -0.483 e. The highest BCUT2D eigenvalue weighted by Crippen LogP contribution is 2.17. The normalized spacial score (nSPS) is 11.5. The molecule has 1 amide bonds. The Hall–Kier alpha value is -2.87. The number of hydrogen-bond acceptors (Lipinski definition) is 4. The van der Waals surface area contributed by atoms with Gasteiger partial charge < -0.3 is 15.4 Å². The van der Waals surface area contributed by atoms with Gasteiger partial charge in [0.15, 0.2) is 0 Å². The lowest BCUT2D eigenvalue weighted by atomic mass is 10.2. The molecule has 0 aromatic carbocycles. The molecule has 0 aliphatic rings. The molecule has 0 saturated carbocycles. The molecular weight excluding hydrogens is 346 g/mol. The number of nitrogens with one attached hydrogen (secondary N) is 2. The zero-order chi connectivity index (χ0) is 18.6. The number of carbonyl (C=O) groups excluding carboxylic acids is 1. The molecule has 9 heteroatoms. The summed E-state index contributed by atoms with van der Waals surface area (Å²) < 4.78 is 1.70. The quantitative estimate of drug-likeness (QED) is 0.619.